The van der Waals surface area contributed by atoms with E-state index in [1.54, 1.807) is 12.1 Å². The molecule has 0 aromatic heterocycles. The Kier molecular flexibility index (Phi) is 6.14. The molecule has 2 aromatic rings. The maximum atomic E-state index is 16.2. The molecule has 0 spiro atoms. The maximum absolute atomic E-state index is 16.2. The molecule has 4 aliphatic rings. The molecule has 2 aromatic carbocycles. The van der Waals surface area contributed by atoms with Crippen molar-refractivity contribution in [3.63, 3.8) is 0 Å². The van der Waals surface area contributed by atoms with E-state index in [1.807, 2.05) is 12.1 Å². The van der Waals surface area contributed by atoms with Gasteiger partial charge in [0.15, 0.2) is 17.3 Å². The van der Waals surface area contributed by atoms with Gasteiger partial charge in [-0.15, -0.1) is 0 Å². The van der Waals surface area contributed by atoms with Gasteiger partial charge >= 0.3 is 5.97 Å². The largest absolute Gasteiger partial charge is 0.545 e. The molecule has 0 saturated carbocycles. The second kappa shape index (κ2) is 9.33. The minimum atomic E-state index is -2.49. The van der Waals surface area contributed by atoms with Gasteiger partial charge in [-0.3, -0.25) is 4.79 Å². The van der Waals surface area contributed by atoms with E-state index in [9.17, 15) is 24.2 Å². The molecule has 0 bridgehead atoms. The van der Waals surface area contributed by atoms with Crippen LogP contribution in [0.4, 0.5) is 18.9 Å². The molecule has 40 heavy (non-hydrogen) atoms. The van der Waals surface area contributed by atoms with Gasteiger partial charge in [0.25, 0.3) is 0 Å². The van der Waals surface area contributed by atoms with Crippen molar-refractivity contribution in [3.05, 3.63) is 86.9 Å². The highest BCUT2D eigenvalue weighted by Crippen LogP contribution is 2.45. The number of nitrogens with zero attached hydrogens (tertiary/aromatic N) is 2. The number of fused-ring (bicyclic) bond motifs is 2. The molecule has 0 unspecified atom stereocenters. The van der Waals surface area contributed by atoms with Crippen molar-refractivity contribution in [2.45, 2.75) is 32.4 Å². The van der Waals surface area contributed by atoms with Crippen LogP contribution in [0.5, 0.6) is 0 Å². The number of carbonyl (C=O) groups excluding carboxylic acids is 1. The third-order valence-electron chi connectivity index (χ3n) is 8.53. The molecule has 3 aliphatic heterocycles. The molecule has 6 rings (SSSR count). The second-order valence-corrected chi connectivity index (χ2v) is 15.5. The molecular formula is C30H27F3N2O4Si. The average molecular weight is 565 g/mol. The van der Waals surface area contributed by atoms with Crippen molar-refractivity contribution in [1.82, 2.24) is 0 Å². The first-order valence-corrected chi connectivity index (χ1v) is 16.3. The van der Waals surface area contributed by atoms with E-state index >= 15 is 8.78 Å². The topological polar surface area (TPSA) is 83.7 Å². The first-order chi connectivity index (χ1) is 19.0. The Hall–Kier alpha value is -3.92. The zero-order valence-corrected chi connectivity index (χ0v) is 23.1. The number of rotatable bonds is 5. The number of carbonyl (C=O) groups is 2. The standard InChI is InChI=1S/C30H27F3N2O4Si/c1-40(2)21-13-16(34-9-3-10-34)5-7-18(21)24(19-8-6-17(14-22(19)40)35-11-4-12-35)25-26(30(38)39)29(33)28(32)20(27(25)31)15-23(36)37/h5-8,13-14H,3-4,9-12,15H2,1-2H3,(H-,36,37,38,39). The zero-order chi connectivity index (χ0) is 28.5. The lowest BCUT2D eigenvalue weighted by molar-refractivity contribution is -0.582. The number of allylic oxidation sites excluding steroid dienone is 5. The third-order valence-corrected chi connectivity index (χ3v) is 12.0. The van der Waals surface area contributed by atoms with Crippen LogP contribution in [0.25, 0.3) is 5.57 Å². The quantitative estimate of drug-likeness (QED) is 0.343. The molecular weight excluding hydrogens is 537 g/mol. The Morgan fingerprint density at radius 3 is 2.35 bits per heavy atom. The predicted octanol–water partition coefficient (Wildman–Crippen LogP) is 2.93. The van der Waals surface area contributed by atoms with Crippen LogP contribution in [0.2, 0.25) is 13.1 Å². The second-order valence-electron chi connectivity index (χ2n) is 11.2. The number of aromatic carboxylic acids is 1. The number of benzene rings is 2. The summed E-state index contributed by atoms with van der Waals surface area (Å²) in [5.74, 6) is -8.74. The molecule has 1 N–H and O–H groups in total. The van der Waals surface area contributed by atoms with Gasteiger partial charge < -0.3 is 19.9 Å². The number of aliphatic carboxylic acids is 1. The molecule has 206 valence electrons. The van der Waals surface area contributed by atoms with Gasteiger partial charge in [-0.25, -0.2) is 17.7 Å². The number of carboxylic acids is 2. The van der Waals surface area contributed by atoms with Gasteiger partial charge in [0.1, 0.15) is 27.0 Å². The summed E-state index contributed by atoms with van der Waals surface area (Å²) in [5.41, 5.74) is 0.167. The van der Waals surface area contributed by atoms with E-state index in [4.69, 9.17) is 0 Å². The minimum Gasteiger partial charge on any atom is -0.545 e. The van der Waals surface area contributed by atoms with Crippen LogP contribution in [0.1, 0.15) is 39.9 Å². The van der Waals surface area contributed by atoms with E-state index < -0.39 is 60.6 Å². The Labute approximate surface area is 230 Å². The van der Waals surface area contributed by atoms with Gasteiger partial charge in [-0.2, -0.15) is 0 Å². The monoisotopic (exact) mass is 564 g/mol. The van der Waals surface area contributed by atoms with Crippen molar-refractivity contribution in [2.24, 2.45) is 0 Å². The van der Waals surface area contributed by atoms with Gasteiger partial charge in [-0.1, -0.05) is 19.2 Å². The zero-order valence-electron chi connectivity index (χ0n) is 22.1. The van der Waals surface area contributed by atoms with Crippen LogP contribution >= 0.6 is 0 Å². The van der Waals surface area contributed by atoms with Crippen LogP contribution < -0.4 is 15.2 Å². The van der Waals surface area contributed by atoms with Crippen LogP contribution in [0.3, 0.4) is 0 Å². The smallest absolute Gasteiger partial charge is 0.308 e. The van der Waals surface area contributed by atoms with Crippen molar-refractivity contribution in [1.29, 1.82) is 0 Å². The Bertz CT molecular complexity index is 1640. The Balaban J connectivity index is 1.72. The summed E-state index contributed by atoms with van der Waals surface area (Å²) < 4.78 is 48.7. The average Bonchev–Trinajstić information content (AvgIpc) is 2.83. The number of halogens is 3. The highest BCUT2D eigenvalue weighted by Gasteiger charge is 2.43. The minimum absolute atomic E-state index is 0.101. The number of hydrogen-bond acceptors (Lipinski definition) is 4. The van der Waals surface area contributed by atoms with Crippen LogP contribution in [0.15, 0.2) is 47.2 Å². The van der Waals surface area contributed by atoms with Crippen molar-refractivity contribution >= 4 is 42.2 Å². The summed E-state index contributed by atoms with van der Waals surface area (Å²) >= 11 is 0. The summed E-state index contributed by atoms with van der Waals surface area (Å²) in [7, 11) is -2.49. The van der Waals surface area contributed by atoms with Crippen LogP contribution in [-0.2, 0) is 11.2 Å². The Morgan fingerprint density at radius 2 is 1.77 bits per heavy atom. The first kappa shape index (κ1) is 26.3. The summed E-state index contributed by atoms with van der Waals surface area (Å²) in [4.78, 5) is 25.9. The van der Waals surface area contributed by atoms with Crippen LogP contribution in [0, 0.1) is 17.5 Å². The molecule has 2 fully saturated rings. The van der Waals surface area contributed by atoms with Gasteiger partial charge in [0.05, 0.1) is 18.8 Å². The van der Waals surface area contributed by atoms with Crippen molar-refractivity contribution in [3.8, 4) is 0 Å². The lowest BCUT2D eigenvalue weighted by Crippen LogP contribution is -2.50. The van der Waals surface area contributed by atoms with Gasteiger partial charge in [0, 0.05) is 47.6 Å². The van der Waals surface area contributed by atoms with Crippen molar-refractivity contribution < 1.29 is 37.5 Å². The van der Waals surface area contributed by atoms with E-state index in [0.29, 0.717) is 11.1 Å². The predicted molar refractivity (Wildman–Crippen MR) is 145 cm³/mol. The fraction of sp³-hybridized carbons (Fsp3) is 0.300. The SMILES string of the molecule is C[Si]1(C)C2=CC(=[N+]3CCC3)C=CC2=C(c2c(F)c(CC(=O)O)c(F)c(F)c2C(=O)[O-])c2ccc(N3CCC3)cc21. The number of hydrogen-bond donors (Lipinski definition) is 1. The highest BCUT2D eigenvalue weighted by atomic mass is 28.3. The molecule has 10 heteroatoms. The van der Waals surface area contributed by atoms with Gasteiger partial charge in [0.2, 0.25) is 0 Å². The Morgan fingerprint density at radius 1 is 1.05 bits per heavy atom. The molecule has 1 aliphatic carbocycles. The maximum Gasteiger partial charge on any atom is 0.308 e. The van der Waals surface area contributed by atoms with E-state index in [2.05, 4.69) is 34.7 Å². The number of carboxylic acid groups (broad SMARTS) is 2. The van der Waals surface area contributed by atoms with E-state index in [-0.39, 0.29) is 5.57 Å². The van der Waals surface area contributed by atoms with E-state index in [1.165, 1.54) is 0 Å². The van der Waals surface area contributed by atoms with Crippen molar-refractivity contribution in [2.75, 3.05) is 31.1 Å². The lowest BCUT2D eigenvalue weighted by atomic mass is 9.85. The molecule has 0 amide bonds. The molecule has 0 radical (unpaired) electrons. The molecule has 3 heterocycles. The summed E-state index contributed by atoms with van der Waals surface area (Å²) in [6, 6.07) is 5.71. The number of anilines is 1. The summed E-state index contributed by atoms with van der Waals surface area (Å²) in [6.45, 7) is 7.93. The van der Waals surface area contributed by atoms with E-state index in [0.717, 1.165) is 60.8 Å². The summed E-state index contributed by atoms with van der Waals surface area (Å²) in [6.07, 6.45) is 6.70. The summed E-state index contributed by atoms with van der Waals surface area (Å²) in [5, 5.41) is 23.4. The molecule has 0 atom stereocenters. The van der Waals surface area contributed by atoms with Gasteiger partial charge in [-0.05, 0) is 51.7 Å². The third kappa shape index (κ3) is 3.88. The molecule has 6 nitrogen and oxygen atoms in total. The van der Waals surface area contributed by atoms with Crippen LogP contribution in [-0.4, -0.2) is 61.6 Å². The normalized spacial score (nSPS) is 19.0. The first-order valence-electron chi connectivity index (χ1n) is 13.3. The highest BCUT2D eigenvalue weighted by molar-refractivity contribution is 6.98. The fourth-order valence-corrected chi connectivity index (χ4v) is 9.15. The molecule has 2 saturated heterocycles. The lowest BCUT2D eigenvalue weighted by Gasteiger charge is -2.40. The fourth-order valence-electron chi connectivity index (χ4n) is 6.08.